The zero-order valence-corrected chi connectivity index (χ0v) is 36.6. The first kappa shape index (κ1) is 33.3. The first-order valence-electron chi connectivity index (χ1n) is 25.2. The van der Waals surface area contributed by atoms with Gasteiger partial charge in [-0.3, -0.25) is 0 Å². The van der Waals surface area contributed by atoms with Crippen LogP contribution in [0.25, 0.3) is 44.5 Å². The van der Waals surface area contributed by atoms with E-state index in [4.69, 9.17) is 4.11 Å². The van der Waals surface area contributed by atoms with Crippen molar-refractivity contribution in [3.8, 4) is 44.5 Å². The number of hydrogen-bond donors (Lipinski definition) is 0. The van der Waals surface area contributed by atoms with Gasteiger partial charge in [-0.05, 0) is 151 Å². The normalized spacial score (nSPS) is 16.4. The van der Waals surface area contributed by atoms with Crippen molar-refractivity contribution in [2.75, 3.05) is 9.80 Å². The average molecular weight is 848 g/mol. The fraction of sp³-hybridized carbons (Fsp3) is 0.0625. The molecule has 3 aliphatic carbocycles. The van der Waals surface area contributed by atoms with Crippen LogP contribution in [0.4, 0.5) is 34.1 Å². The molecule has 10 aromatic rings. The summed E-state index contributed by atoms with van der Waals surface area (Å²) in [4.78, 5) is 4.22. The Kier molecular flexibility index (Phi) is 7.41. The zero-order valence-electron chi connectivity index (χ0n) is 41.6. The maximum absolute atomic E-state index is 9.22. The second-order valence-electron chi connectivity index (χ2n) is 18.1. The van der Waals surface area contributed by atoms with Gasteiger partial charge in [0.05, 0.1) is 12.3 Å². The van der Waals surface area contributed by atoms with Crippen molar-refractivity contribution in [2.24, 2.45) is 0 Å². The van der Waals surface area contributed by atoms with E-state index in [9.17, 15) is 2.74 Å². The molecule has 66 heavy (non-hydrogen) atoms. The van der Waals surface area contributed by atoms with E-state index in [0.717, 1.165) is 61.6 Å². The van der Waals surface area contributed by atoms with Crippen molar-refractivity contribution >= 4 is 34.1 Å². The van der Waals surface area contributed by atoms with Gasteiger partial charge in [0.1, 0.15) is 0 Å². The summed E-state index contributed by atoms with van der Waals surface area (Å²) in [5.74, 6) is 0. The standard InChI is InChI=1S/C64H46N2/c1-63(2)57-27-15-12-24-51(57)54-37-34-48(40-60(54)63)66(47-32-30-44(31-33-47)43-18-6-3-7-19-43)50-36-39-56-53-26-14-17-29-59(53)64(62(56)42-50)58-28-16-13-25-52(58)55-38-35-49(41-61(55)64)65(45-20-8-4-9-21-45)46-22-10-5-11-23-46/h3-42H,1-2H3/i4D,8D,9D,20D,21D. The molecule has 0 bridgehead atoms. The molecule has 0 saturated heterocycles. The van der Waals surface area contributed by atoms with Gasteiger partial charge in [0, 0.05) is 39.5 Å². The highest BCUT2D eigenvalue weighted by Gasteiger charge is 2.52. The van der Waals surface area contributed by atoms with E-state index in [0.29, 0.717) is 11.4 Å². The molecule has 312 valence electrons. The molecule has 2 heteroatoms. The molecule has 1 atom stereocenters. The van der Waals surface area contributed by atoms with Crippen molar-refractivity contribution in [3.05, 3.63) is 276 Å². The van der Waals surface area contributed by atoms with Crippen LogP contribution in [-0.2, 0) is 10.8 Å². The lowest BCUT2D eigenvalue weighted by molar-refractivity contribution is 0.660. The third kappa shape index (κ3) is 5.55. The van der Waals surface area contributed by atoms with Gasteiger partial charge in [0.15, 0.2) is 0 Å². The number of fused-ring (bicyclic) bond motifs is 13. The fourth-order valence-corrected chi connectivity index (χ4v) is 11.4. The number of benzene rings is 10. The van der Waals surface area contributed by atoms with Crippen LogP contribution in [0.1, 0.15) is 54.1 Å². The van der Waals surface area contributed by atoms with E-state index in [1.807, 2.05) is 47.4 Å². The second-order valence-corrected chi connectivity index (χ2v) is 18.1. The Bertz CT molecular complexity index is 3770. The summed E-state index contributed by atoms with van der Waals surface area (Å²) in [6, 6.07) is 73.8. The molecule has 0 heterocycles. The maximum atomic E-state index is 9.22. The number of para-hydroxylation sites is 2. The fourth-order valence-electron chi connectivity index (χ4n) is 11.4. The van der Waals surface area contributed by atoms with Crippen LogP contribution in [0.3, 0.4) is 0 Å². The van der Waals surface area contributed by atoms with Crippen LogP contribution in [0.2, 0.25) is 0 Å². The highest BCUT2D eigenvalue weighted by atomic mass is 15.1. The van der Waals surface area contributed by atoms with Crippen molar-refractivity contribution < 1.29 is 6.85 Å². The summed E-state index contributed by atoms with van der Waals surface area (Å²) in [5, 5.41) is 0. The van der Waals surface area contributed by atoms with Crippen molar-refractivity contribution in [1.82, 2.24) is 0 Å². The minimum atomic E-state index is -0.781. The van der Waals surface area contributed by atoms with Gasteiger partial charge in [-0.2, -0.15) is 0 Å². The Morgan fingerprint density at radius 3 is 1.24 bits per heavy atom. The van der Waals surface area contributed by atoms with Gasteiger partial charge in [-0.1, -0.05) is 184 Å². The first-order chi connectivity index (χ1) is 34.6. The Hall–Kier alpha value is -8.20. The predicted octanol–water partition coefficient (Wildman–Crippen LogP) is 16.9. The van der Waals surface area contributed by atoms with E-state index >= 15 is 0 Å². The highest BCUT2D eigenvalue weighted by Crippen LogP contribution is 2.64. The monoisotopic (exact) mass is 847 g/mol. The average Bonchev–Trinajstić information content (AvgIpc) is 3.97. The quantitative estimate of drug-likeness (QED) is 0.158. The minimum absolute atomic E-state index is 0.0933. The van der Waals surface area contributed by atoms with Crippen LogP contribution in [0.5, 0.6) is 0 Å². The molecule has 0 N–H and O–H groups in total. The summed E-state index contributed by atoms with van der Waals surface area (Å²) in [6.45, 7) is 4.66. The predicted molar refractivity (Wildman–Crippen MR) is 275 cm³/mol. The molecule has 3 aliphatic rings. The van der Waals surface area contributed by atoms with Crippen LogP contribution in [0, 0.1) is 0 Å². The SMILES string of the molecule is [2H]c1c([2H])c([2H])c(N(c2ccccc2)c2ccc3c(c2)C2(c4ccccc4-c4ccc(N(c5ccc(-c6ccccc6)cc5)c5ccc6c(c5)C(C)(C)c5ccccc5-6)cc42)c2ccccc2-3)c([2H])c1[2H]. The summed E-state index contributed by atoms with van der Waals surface area (Å²) in [5.41, 5.74) is 20.1. The van der Waals surface area contributed by atoms with Crippen LogP contribution in [-0.4, -0.2) is 0 Å². The molecule has 0 saturated carbocycles. The van der Waals surface area contributed by atoms with Gasteiger partial charge in [0.25, 0.3) is 0 Å². The molecular formula is C64H46N2. The summed E-state index contributed by atoms with van der Waals surface area (Å²) < 4.78 is 44.4. The van der Waals surface area contributed by atoms with Gasteiger partial charge in [0.2, 0.25) is 0 Å². The highest BCUT2D eigenvalue weighted by molar-refractivity contribution is 5.98. The van der Waals surface area contributed by atoms with E-state index < -0.39 is 11.5 Å². The summed E-state index contributed by atoms with van der Waals surface area (Å²) >= 11 is 0. The van der Waals surface area contributed by atoms with Crippen LogP contribution < -0.4 is 9.80 Å². The molecular weight excluding hydrogens is 797 g/mol. The van der Waals surface area contributed by atoms with Gasteiger partial charge < -0.3 is 9.80 Å². The van der Waals surface area contributed by atoms with Crippen LogP contribution in [0.15, 0.2) is 243 Å². The number of anilines is 6. The van der Waals surface area contributed by atoms with Crippen LogP contribution >= 0.6 is 0 Å². The summed E-state index contributed by atoms with van der Waals surface area (Å²) in [6.07, 6.45) is 0. The molecule has 0 radical (unpaired) electrons. The van der Waals surface area contributed by atoms with Crippen molar-refractivity contribution in [1.29, 1.82) is 0 Å². The molecule has 1 spiro atoms. The number of rotatable bonds is 7. The molecule has 0 aromatic heterocycles. The summed E-state index contributed by atoms with van der Waals surface area (Å²) in [7, 11) is 0. The number of hydrogen-bond acceptors (Lipinski definition) is 2. The van der Waals surface area contributed by atoms with E-state index in [1.165, 1.54) is 33.4 Å². The lowest BCUT2D eigenvalue weighted by atomic mass is 9.70. The van der Waals surface area contributed by atoms with E-state index in [1.54, 1.807) is 0 Å². The van der Waals surface area contributed by atoms with E-state index in [2.05, 4.69) is 189 Å². The number of nitrogens with zero attached hydrogens (tertiary/aromatic N) is 2. The van der Waals surface area contributed by atoms with Gasteiger partial charge in [-0.15, -0.1) is 0 Å². The third-order valence-electron chi connectivity index (χ3n) is 14.4. The maximum Gasteiger partial charge on any atom is 0.0727 e. The third-order valence-corrected chi connectivity index (χ3v) is 14.4. The smallest absolute Gasteiger partial charge is 0.0727 e. The molecule has 13 rings (SSSR count). The topological polar surface area (TPSA) is 6.48 Å². The largest absolute Gasteiger partial charge is 0.310 e. The Balaban J connectivity index is 1.05. The minimum Gasteiger partial charge on any atom is -0.310 e. The molecule has 0 aliphatic heterocycles. The first-order valence-corrected chi connectivity index (χ1v) is 22.7. The zero-order chi connectivity index (χ0) is 48.3. The second kappa shape index (κ2) is 14.7. The molecule has 1 unspecified atom stereocenters. The Morgan fingerprint density at radius 1 is 0.303 bits per heavy atom. The van der Waals surface area contributed by atoms with Gasteiger partial charge in [-0.25, -0.2) is 0 Å². The molecule has 0 amide bonds. The Labute approximate surface area is 394 Å². The molecule has 0 fully saturated rings. The lowest BCUT2D eigenvalue weighted by Crippen LogP contribution is -2.26. The van der Waals surface area contributed by atoms with Crippen molar-refractivity contribution in [2.45, 2.75) is 24.7 Å². The van der Waals surface area contributed by atoms with Gasteiger partial charge >= 0.3 is 0 Å². The van der Waals surface area contributed by atoms with Crippen molar-refractivity contribution in [3.63, 3.8) is 0 Å². The van der Waals surface area contributed by atoms with E-state index in [-0.39, 0.29) is 35.3 Å². The molecule has 2 nitrogen and oxygen atoms in total. The Morgan fingerprint density at radius 2 is 0.682 bits per heavy atom. The lowest BCUT2D eigenvalue weighted by Gasteiger charge is -2.33. The molecule has 10 aromatic carbocycles.